The number of benzene rings is 2. The Hall–Kier alpha value is -5.06. The average Bonchev–Trinajstić information content (AvgIpc) is 3.57. The van der Waals surface area contributed by atoms with E-state index in [1.165, 1.54) is 20.3 Å². The predicted octanol–water partition coefficient (Wildman–Crippen LogP) is 4.80. The molecule has 0 unspecified atom stereocenters. The Kier molecular flexibility index (Phi) is 5.79. The highest BCUT2D eigenvalue weighted by molar-refractivity contribution is 5.78. The van der Waals surface area contributed by atoms with E-state index in [0.717, 1.165) is 16.6 Å². The minimum atomic E-state index is -0.554. The van der Waals surface area contributed by atoms with Crippen LogP contribution in [0.15, 0.2) is 67.1 Å². The number of methoxy groups -OCH3 is 2. The van der Waals surface area contributed by atoms with Crippen molar-refractivity contribution in [2.45, 2.75) is 6.54 Å². The first-order valence-corrected chi connectivity index (χ1v) is 11.8. The highest BCUT2D eigenvalue weighted by Crippen LogP contribution is 2.37. The van der Waals surface area contributed by atoms with Crippen molar-refractivity contribution in [3.8, 4) is 22.8 Å². The Morgan fingerprint density at radius 1 is 0.974 bits per heavy atom. The molecule has 190 valence electrons. The molecular formula is C27H23FN8O2. The molecule has 10 nitrogen and oxygen atoms in total. The van der Waals surface area contributed by atoms with Gasteiger partial charge in [-0.15, -0.1) is 0 Å². The van der Waals surface area contributed by atoms with Crippen molar-refractivity contribution in [3.63, 3.8) is 0 Å². The van der Waals surface area contributed by atoms with Crippen LogP contribution in [0.5, 0.6) is 11.5 Å². The number of nitrogens with one attached hydrogen (secondary N) is 1. The third-order valence-electron chi connectivity index (χ3n) is 6.16. The standard InChI is InChI=1S/C27H23FN8O2/c1-35-14-16(12-30-35)21-13-29-20-8-9-25(34-27(20)33-21)36(15-24-31-18-6-4-5-7-19(18)32-24)22-10-17(37-2)11-23(38-3)26(22)28/h4-14H,15H2,1-3H3,(H,31,32). The normalized spacial score (nSPS) is 11.3. The predicted molar refractivity (Wildman–Crippen MR) is 141 cm³/mol. The number of rotatable bonds is 7. The SMILES string of the molecule is COc1cc(OC)c(F)c(N(Cc2nc3ccccc3[nH]2)c2ccc3ncc(-c4cnn(C)c4)nc3n2)c1. The van der Waals surface area contributed by atoms with E-state index in [1.807, 2.05) is 37.5 Å². The molecule has 0 radical (unpaired) electrons. The van der Waals surface area contributed by atoms with Gasteiger partial charge in [-0.2, -0.15) is 5.10 Å². The van der Waals surface area contributed by atoms with Crippen molar-refractivity contribution in [3.05, 3.63) is 78.8 Å². The van der Waals surface area contributed by atoms with Gasteiger partial charge in [-0.25, -0.2) is 19.3 Å². The Labute approximate surface area is 216 Å². The number of nitrogens with zero attached hydrogens (tertiary/aromatic N) is 7. The van der Waals surface area contributed by atoms with Gasteiger partial charge in [0, 0.05) is 30.9 Å². The molecule has 6 rings (SSSR count). The summed E-state index contributed by atoms with van der Waals surface area (Å²) in [7, 11) is 4.76. The van der Waals surface area contributed by atoms with Crippen molar-refractivity contribution in [1.29, 1.82) is 0 Å². The largest absolute Gasteiger partial charge is 0.497 e. The van der Waals surface area contributed by atoms with Crippen LogP contribution in [0, 0.1) is 5.82 Å². The van der Waals surface area contributed by atoms with Crippen LogP contribution in [-0.2, 0) is 13.6 Å². The zero-order valence-corrected chi connectivity index (χ0v) is 20.9. The number of aromatic nitrogens is 7. The lowest BCUT2D eigenvalue weighted by Gasteiger charge is -2.25. The van der Waals surface area contributed by atoms with Crippen LogP contribution in [0.2, 0.25) is 0 Å². The first kappa shape index (κ1) is 23.3. The molecule has 0 spiro atoms. The molecule has 0 bridgehead atoms. The van der Waals surface area contributed by atoms with Crippen LogP contribution in [0.4, 0.5) is 15.9 Å². The summed E-state index contributed by atoms with van der Waals surface area (Å²) < 4.78 is 28.1. The molecule has 4 aromatic heterocycles. The van der Waals surface area contributed by atoms with Gasteiger partial charge in [0.2, 0.25) is 0 Å². The second-order valence-corrected chi connectivity index (χ2v) is 8.62. The third kappa shape index (κ3) is 4.23. The smallest absolute Gasteiger partial charge is 0.188 e. The lowest BCUT2D eigenvalue weighted by atomic mass is 10.2. The molecule has 6 aromatic rings. The maximum Gasteiger partial charge on any atom is 0.188 e. The first-order chi connectivity index (χ1) is 18.5. The monoisotopic (exact) mass is 510 g/mol. The lowest BCUT2D eigenvalue weighted by Crippen LogP contribution is -2.20. The third-order valence-corrected chi connectivity index (χ3v) is 6.16. The fraction of sp³-hybridized carbons (Fsp3) is 0.148. The van der Waals surface area contributed by atoms with Crippen LogP contribution < -0.4 is 14.4 Å². The zero-order valence-electron chi connectivity index (χ0n) is 20.9. The molecule has 0 atom stereocenters. The summed E-state index contributed by atoms with van der Waals surface area (Å²) in [6.45, 7) is 0.191. The van der Waals surface area contributed by atoms with E-state index in [0.29, 0.717) is 34.2 Å². The number of aryl methyl sites for hydroxylation is 1. The number of hydrogen-bond acceptors (Lipinski definition) is 8. The first-order valence-electron chi connectivity index (χ1n) is 11.8. The van der Waals surface area contributed by atoms with Crippen LogP contribution in [0.25, 0.3) is 33.5 Å². The van der Waals surface area contributed by atoms with Crippen LogP contribution in [0.1, 0.15) is 5.82 Å². The van der Waals surface area contributed by atoms with E-state index in [9.17, 15) is 0 Å². The molecule has 11 heteroatoms. The van der Waals surface area contributed by atoms with E-state index in [2.05, 4.69) is 20.1 Å². The van der Waals surface area contributed by atoms with Crippen molar-refractivity contribution >= 4 is 33.7 Å². The summed E-state index contributed by atoms with van der Waals surface area (Å²) in [5.74, 6) is 1.01. The minimum Gasteiger partial charge on any atom is -0.497 e. The van der Waals surface area contributed by atoms with Crippen molar-refractivity contribution in [1.82, 2.24) is 34.7 Å². The van der Waals surface area contributed by atoms with E-state index < -0.39 is 5.82 Å². The number of pyridine rings is 1. The molecule has 4 heterocycles. The number of imidazole rings is 1. The topological polar surface area (TPSA) is 107 Å². The van der Waals surface area contributed by atoms with Crippen LogP contribution in [0.3, 0.4) is 0 Å². The summed E-state index contributed by atoms with van der Waals surface area (Å²) in [4.78, 5) is 23.7. The number of halogens is 1. The Morgan fingerprint density at radius 3 is 2.61 bits per heavy atom. The highest BCUT2D eigenvalue weighted by Gasteiger charge is 2.22. The van der Waals surface area contributed by atoms with Gasteiger partial charge in [-0.3, -0.25) is 9.67 Å². The van der Waals surface area contributed by atoms with Gasteiger partial charge >= 0.3 is 0 Å². The maximum absolute atomic E-state index is 15.7. The molecule has 0 saturated heterocycles. The van der Waals surface area contributed by atoms with E-state index in [1.54, 1.807) is 40.2 Å². The van der Waals surface area contributed by atoms with E-state index >= 15 is 4.39 Å². The molecule has 1 N–H and O–H groups in total. The van der Waals surface area contributed by atoms with Crippen molar-refractivity contribution < 1.29 is 13.9 Å². The second-order valence-electron chi connectivity index (χ2n) is 8.62. The average molecular weight is 511 g/mol. The van der Waals surface area contributed by atoms with Gasteiger partial charge in [-0.1, -0.05) is 12.1 Å². The summed E-state index contributed by atoms with van der Waals surface area (Å²) >= 11 is 0. The Balaban J connectivity index is 1.50. The number of H-pyrrole nitrogens is 1. The lowest BCUT2D eigenvalue weighted by molar-refractivity contribution is 0.374. The fourth-order valence-corrected chi connectivity index (χ4v) is 4.27. The minimum absolute atomic E-state index is 0.0494. The molecule has 0 aliphatic heterocycles. The van der Waals surface area contributed by atoms with Gasteiger partial charge in [0.1, 0.15) is 22.9 Å². The quantitative estimate of drug-likeness (QED) is 0.327. The number of aromatic amines is 1. The number of para-hydroxylation sites is 2. The molecule has 0 fully saturated rings. The Bertz CT molecular complexity index is 1750. The van der Waals surface area contributed by atoms with Gasteiger partial charge in [0.25, 0.3) is 0 Å². The zero-order chi connectivity index (χ0) is 26.2. The number of fused-ring (bicyclic) bond motifs is 2. The summed E-state index contributed by atoms with van der Waals surface area (Å²) in [6, 6.07) is 14.4. The Morgan fingerprint density at radius 2 is 1.84 bits per heavy atom. The molecular weight excluding hydrogens is 487 g/mol. The van der Waals surface area contributed by atoms with Gasteiger partial charge < -0.3 is 19.4 Å². The van der Waals surface area contributed by atoms with Crippen molar-refractivity contribution in [2.75, 3.05) is 19.1 Å². The maximum atomic E-state index is 15.7. The second kappa shape index (κ2) is 9.43. The van der Waals surface area contributed by atoms with Gasteiger partial charge in [0.05, 0.1) is 55.6 Å². The number of hydrogen-bond donors (Lipinski definition) is 1. The van der Waals surface area contributed by atoms with Gasteiger partial charge in [-0.05, 0) is 24.3 Å². The molecule has 0 amide bonds. The molecule has 0 aliphatic carbocycles. The molecule has 0 saturated carbocycles. The molecule has 0 aliphatic rings. The fourth-order valence-electron chi connectivity index (χ4n) is 4.27. The summed E-state index contributed by atoms with van der Waals surface area (Å²) in [6.07, 6.45) is 5.25. The number of ether oxygens (including phenoxy) is 2. The summed E-state index contributed by atoms with van der Waals surface area (Å²) in [5.41, 5.74) is 4.37. The van der Waals surface area contributed by atoms with Gasteiger partial charge in [0.15, 0.2) is 17.2 Å². The number of anilines is 2. The van der Waals surface area contributed by atoms with E-state index in [4.69, 9.17) is 19.4 Å². The molecule has 38 heavy (non-hydrogen) atoms. The van der Waals surface area contributed by atoms with Crippen LogP contribution >= 0.6 is 0 Å². The van der Waals surface area contributed by atoms with Crippen LogP contribution in [-0.4, -0.2) is 48.9 Å². The van der Waals surface area contributed by atoms with Crippen molar-refractivity contribution in [2.24, 2.45) is 7.05 Å². The highest BCUT2D eigenvalue weighted by atomic mass is 19.1. The molecule has 2 aromatic carbocycles. The summed E-state index contributed by atoms with van der Waals surface area (Å²) in [5, 5.41) is 4.21. The van der Waals surface area contributed by atoms with E-state index in [-0.39, 0.29) is 18.0 Å².